The number of nitrogens with one attached hydrogen (secondary N) is 1. The van der Waals surface area contributed by atoms with Crippen LogP contribution in [0.2, 0.25) is 0 Å². The number of rotatable bonds is 6. The molecule has 2 N–H and O–H groups in total. The third-order valence-electron chi connectivity index (χ3n) is 3.22. The smallest absolute Gasteiger partial charge is 0.328 e. The molecule has 1 rings (SSSR count). The van der Waals surface area contributed by atoms with Gasteiger partial charge in [0.2, 0.25) is 0 Å². The first-order chi connectivity index (χ1) is 9.41. The van der Waals surface area contributed by atoms with Crippen LogP contribution in [0.3, 0.4) is 0 Å². The van der Waals surface area contributed by atoms with Crippen molar-refractivity contribution < 1.29 is 14.7 Å². The Labute approximate surface area is 118 Å². The van der Waals surface area contributed by atoms with Crippen LogP contribution in [0, 0.1) is 11.8 Å². The van der Waals surface area contributed by atoms with E-state index >= 15 is 0 Å². The number of carbonyl (C=O) groups is 2. The molecule has 0 aliphatic carbocycles. The van der Waals surface area contributed by atoms with Crippen molar-refractivity contribution in [3.05, 3.63) is 35.7 Å². The molecule has 1 atom stereocenters. The minimum Gasteiger partial charge on any atom is -0.478 e. The molecular formula is C15H20N2O3. The summed E-state index contributed by atoms with van der Waals surface area (Å²) in [4.78, 5) is 26.6. The molecule has 0 bridgehead atoms. The maximum Gasteiger partial charge on any atom is 0.328 e. The number of aromatic nitrogens is 1. The van der Waals surface area contributed by atoms with E-state index < -0.39 is 5.97 Å². The van der Waals surface area contributed by atoms with E-state index in [0.717, 1.165) is 6.08 Å². The molecule has 108 valence electrons. The van der Waals surface area contributed by atoms with Crippen molar-refractivity contribution in [2.75, 3.05) is 6.54 Å². The summed E-state index contributed by atoms with van der Waals surface area (Å²) >= 11 is 0. The summed E-state index contributed by atoms with van der Waals surface area (Å²) in [6, 6.07) is 1.58. The van der Waals surface area contributed by atoms with Gasteiger partial charge in [-0.3, -0.25) is 9.78 Å². The maximum absolute atomic E-state index is 12.1. The van der Waals surface area contributed by atoms with Gasteiger partial charge in [0.15, 0.2) is 0 Å². The number of amides is 1. The van der Waals surface area contributed by atoms with Crippen molar-refractivity contribution >= 4 is 18.0 Å². The lowest BCUT2D eigenvalue weighted by Gasteiger charge is -2.16. The quantitative estimate of drug-likeness (QED) is 0.781. The minimum atomic E-state index is -1.06. The highest BCUT2D eigenvalue weighted by molar-refractivity contribution is 5.98. The lowest BCUT2D eigenvalue weighted by Crippen LogP contribution is -2.30. The van der Waals surface area contributed by atoms with Gasteiger partial charge in [-0.05, 0) is 24.0 Å². The predicted octanol–water partition coefficient (Wildman–Crippen LogP) is 2.20. The molecule has 1 aromatic rings. The molecule has 1 aromatic heterocycles. The van der Waals surface area contributed by atoms with E-state index in [4.69, 9.17) is 5.11 Å². The lowest BCUT2D eigenvalue weighted by atomic mass is 9.98. The molecule has 1 amide bonds. The fourth-order valence-electron chi connectivity index (χ4n) is 1.49. The van der Waals surface area contributed by atoms with Crippen LogP contribution < -0.4 is 5.32 Å². The molecule has 0 radical (unpaired) electrons. The first-order valence-electron chi connectivity index (χ1n) is 6.55. The molecule has 0 spiro atoms. The highest BCUT2D eigenvalue weighted by Crippen LogP contribution is 2.11. The fraction of sp³-hybridized carbons (Fsp3) is 0.400. The number of pyridine rings is 1. The van der Waals surface area contributed by atoms with E-state index in [9.17, 15) is 9.59 Å². The molecule has 1 heterocycles. The van der Waals surface area contributed by atoms with Crippen molar-refractivity contribution in [3.8, 4) is 0 Å². The first-order valence-corrected chi connectivity index (χ1v) is 6.55. The van der Waals surface area contributed by atoms with Crippen LogP contribution in [0.4, 0.5) is 0 Å². The summed E-state index contributed by atoms with van der Waals surface area (Å²) in [6.45, 7) is 6.86. The van der Waals surface area contributed by atoms with Crippen molar-refractivity contribution in [2.24, 2.45) is 11.8 Å². The number of carbonyl (C=O) groups excluding carboxylic acids is 1. The van der Waals surface area contributed by atoms with Crippen LogP contribution in [0.25, 0.3) is 6.08 Å². The van der Waals surface area contributed by atoms with Gasteiger partial charge in [-0.2, -0.15) is 0 Å². The van der Waals surface area contributed by atoms with Crippen LogP contribution in [0.5, 0.6) is 0 Å². The maximum atomic E-state index is 12.1. The van der Waals surface area contributed by atoms with Gasteiger partial charge >= 0.3 is 5.97 Å². The Balaban J connectivity index is 2.80. The van der Waals surface area contributed by atoms with Gasteiger partial charge in [-0.25, -0.2) is 4.79 Å². The Hall–Kier alpha value is -2.17. The number of hydrogen-bond acceptors (Lipinski definition) is 3. The zero-order valence-corrected chi connectivity index (χ0v) is 12.0. The van der Waals surface area contributed by atoms with E-state index in [2.05, 4.69) is 31.1 Å². The summed E-state index contributed by atoms with van der Waals surface area (Å²) in [6.07, 6.45) is 5.35. The highest BCUT2D eigenvalue weighted by atomic mass is 16.4. The largest absolute Gasteiger partial charge is 0.478 e. The molecular weight excluding hydrogens is 256 g/mol. The monoisotopic (exact) mass is 276 g/mol. The number of hydrogen-bond donors (Lipinski definition) is 2. The SMILES string of the molecule is CC(C)C(C)CNC(=O)c1ccncc1C=CC(=O)O. The average molecular weight is 276 g/mol. The summed E-state index contributed by atoms with van der Waals surface area (Å²) in [5, 5.41) is 11.5. The van der Waals surface area contributed by atoms with E-state index in [0.29, 0.717) is 29.5 Å². The van der Waals surface area contributed by atoms with E-state index in [-0.39, 0.29) is 5.91 Å². The molecule has 0 aliphatic heterocycles. The van der Waals surface area contributed by atoms with Gasteiger partial charge in [0.1, 0.15) is 0 Å². The van der Waals surface area contributed by atoms with Gasteiger partial charge in [-0.15, -0.1) is 0 Å². The van der Waals surface area contributed by atoms with Crippen molar-refractivity contribution in [1.82, 2.24) is 10.3 Å². The van der Waals surface area contributed by atoms with Crippen molar-refractivity contribution in [1.29, 1.82) is 0 Å². The van der Waals surface area contributed by atoms with Gasteiger partial charge < -0.3 is 10.4 Å². The van der Waals surface area contributed by atoms with E-state index in [1.54, 1.807) is 6.07 Å². The van der Waals surface area contributed by atoms with Crippen molar-refractivity contribution in [2.45, 2.75) is 20.8 Å². The average Bonchev–Trinajstić information content (AvgIpc) is 2.42. The summed E-state index contributed by atoms with van der Waals surface area (Å²) in [5.74, 6) is -0.420. The molecule has 0 aliphatic rings. The summed E-state index contributed by atoms with van der Waals surface area (Å²) < 4.78 is 0. The standard InChI is InChI=1S/C15H20N2O3/c1-10(2)11(3)8-17-15(20)13-6-7-16-9-12(13)4-5-14(18)19/h4-7,9-11H,8H2,1-3H3,(H,17,20)(H,18,19). The normalized spacial score (nSPS) is 12.6. The van der Waals surface area contributed by atoms with E-state index in [1.807, 2.05) is 0 Å². The van der Waals surface area contributed by atoms with Crippen LogP contribution in [0.1, 0.15) is 36.7 Å². The predicted molar refractivity (Wildman–Crippen MR) is 77.2 cm³/mol. The van der Waals surface area contributed by atoms with Gasteiger partial charge in [0, 0.05) is 36.1 Å². The zero-order chi connectivity index (χ0) is 15.1. The molecule has 20 heavy (non-hydrogen) atoms. The third-order valence-corrected chi connectivity index (χ3v) is 3.22. The first kappa shape index (κ1) is 15.9. The molecule has 5 nitrogen and oxygen atoms in total. The van der Waals surface area contributed by atoms with Gasteiger partial charge in [0.25, 0.3) is 5.91 Å². The zero-order valence-electron chi connectivity index (χ0n) is 12.0. The molecule has 0 fully saturated rings. The van der Waals surface area contributed by atoms with Crippen LogP contribution in [-0.2, 0) is 4.79 Å². The molecule has 1 unspecified atom stereocenters. The second-order valence-electron chi connectivity index (χ2n) is 5.07. The number of nitrogens with zero attached hydrogens (tertiary/aromatic N) is 1. The Morgan fingerprint density at radius 2 is 2.10 bits per heavy atom. The van der Waals surface area contributed by atoms with Gasteiger partial charge in [-0.1, -0.05) is 20.8 Å². The fourth-order valence-corrected chi connectivity index (χ4v) is 1.49. The van der Waals surface area contributed by atoms with Crippen LogP contribution in [-0.4, -0.2) is 28.5 Å². The molecule has 0 saturated carbocycles. The Morgan fingerprint density at radius 3 is 2.70 bits per heavy atom. The number of aliphatic carboxylic acids is 1. The Morgan fingerprint density at radius 1 is 1.40 bits per heavy atom. The Bertz CT molecular complexity index is 510. The summed E-state index contributed by atoms with van der Waals surface area (Å²) in [7, 11) is 0. The molecule has 5 heteroatoms. The van der Waals surface area contributed by atoms with Crippen molar-refractivity contribution in [3.63, 3.8) is 0 Å². The second kappa shape index (κ2) is 7.43. The highest BCUT2D eigenvalue weighted by Gasteiger charge is 2.12. The summed E-state index contributed by atoms with van der Waals surface area (Å²) in [5.41, 5.74) is 0.915. The number of carboxylic acid groups (broad SMARTS) is 1. The van der Waals surface area contributed by atoms with E-state index in [1.165, 1.54) is 18.5 Å². The van der Waals surface area contributed by atoms with Gasteiger partial charge in [0.05, 0.1) is 0 Å². The van der Waals surface area contributed by atoms with Crippen LogP contribution >= 0.6 is 0 Å². The van der Waals surface area contributed by atoms with Crippen LogP contribution in [0.15, 0.2) is 24.5 Å². The topological polar surface area (TPSA) is 79.3 Å². The third kappa shape index (κ3) is 4.84. The minimum absolute atomic E-state index is 0.218. The Kier molecular flexibility index (Phi) is 5.90. The second-order valence-corrected chi connectivity index (χ2v) is 5.07. The molecule has 0 aromatic carbocycles. The molecule has 0 saturated heterocycles. The lowest BCUT2D eigenvalue weighted by molar-refractivity contribution is -0.131. The number of carboxylic acids is 1.